The molecule has 4 aromatic rings. The van der Waals surface area contributed by atoms with Crippen molar-refractivity contribution in [3.8, 4) is 11.6 Å². The van der Waals surface area contributed by atoms with Crippen LogP contribution in [0.25, 0.3) is 5.82 Å². The van der Waals surface area contributed by atoms with E-state index in [1.54, 1.807) is 19.5 Å². The summed E-state index contributed by atoms with van der Waals surface area (Å²) in [6.07, 6.45) is 5.58. The van der Waals surface area contributed by atoms with Crippen LogP contribution in [0, 0.1) is 0 Å². The molecule has 0 spiro atoms. The highest BCUT2D eigenvalue weighted by Crippen LogP contribution is 2.43. The van der Waals surface area contributed by atoms with Crippen molar-refractivity contribution < 1.29 is 9.47 Å². The topological polar surface area (TPSA) is 64.4 Å². The Bertz CT molecular complexity index is 1300. The minimum atomic E-state index is -0.203. The Hall–Kier alpha value is -3.46. The first-order valence-electron chi connectivity index (χ1n) is 11.2. The molecule has 1 aliphatic rings. The van der Waals surface area contributed by atoms with Crippen LogP contribution < -0.4 is 15.0 Å². The smallest absolute Gasteiger partial charge is 0.174 e. The number of thiocarbonyl (C=S) groups is 1. The molecule has 5 rings (SSSR count). The van der Waals surface area contributed by atoms with E-state index in [-0.39, 0.29) is 12.1 Å². The number of hydrogen-bond donors (Lipinski definition) is 1. The lowest BCUT2D eigenvalue weighted by Crippen LogP contribution is -2.30. The van der Waals surface area contributed by atoms with E-state index in [2.05, 4.69) is 30.8 Å². The lowest BCUT2D eigenvalue weighted by Gasteiger charge is -2.29. The molecule has 178 valence electrons. The summed E-state index contributed by atoms with van der Waals surface area (Å²) in [7, 11) is 1.63. The molecular weight excluding hydrogens is 482 g/mol. The molecule has 3 aromatic heterocycles. The van der Waals surface area contributed by atoms with Gasteiger partial charge in [-0.05, 0) is 66.8 Å². The maximum Gasteiger partial charge on any atom is 0.174 e. The molecule has 1 N–H and O–H groups in total. The van der Waals surface area contributed by atoms with Gasteiger partial charge in [-0.3, -0.25) is 4.98 Å². The van der Waals surface area contributed by atoms with E-state index >= 15 is 0 Å². The van der Waals surface area contributed by atoms with Gasteiger partial charge in [-0.15, -0.1) is 0 Å². The number of pyridine rings is 2. The second-order valence-corrected chi connectivity index (χ2v) is 8.74. The van der Waals surface area contributed by atoms with E-state index in [1.165, 1.54) is 0 Å². The summed E-state index contributed by atoms with van der Waals surface area (Å²) in [5.41, 5.74) is 2.76. The summed E-state index contributed by atoms with van der Waals surface area (Å²) >= 11 is 12.4. The highest BCUT2D eigenvalue weighted by molar-refractivity contribution is 7.80. The zero-order valence-electron chi connectivity index (χ0n) is 19.0. The maximum absolute atomic E-state index is 6.60. The number of methoxy groups -OCH3 is 1. The third-order valence-electron chi connectivity index (χ3n) is 5.82. The fourth-order valence-corrected chi connectivity index (χ4v) is 4.84. The number of hydrogen-bond acceptors (Lipinski definition) is 5. The van der Waals surface area contributed by atoms with Gasteiger partial charge in [-0.25, -0.2) is 4.98 Å². The van der Waals surface area contributed by atoms with Gasteiger partial charge >= 0.3 is 0 Å². The third kappa shape index (κ3) is 4.73. The number of halogens is 1. The summed E-state index contributed by atoms with van der Waals surface area (Å²) in [4.78, 5) is 11.3. The lowest BCUT2D eigenvalue weighted by atomic mass is 10.0. The average Bonchev–Trinajstić information content (AvgIpc) is 3.50. The SMILES string of the molecule is COCCOc1ccc(N2C(=S)NC(c3ccccn3)C2c2cccn2-c2ccccn2)cc1Cl. The van der Waals surface area contributed by atoms with Crippen molar-refractivity contribution in [1.82, 2.24) is 19.9 Å². The Kier molecular flexibility index (Phi) is 6.94. The van der Waals surface area contributed by atoms with Crippen molar-refractivity contribution in [2.24, 2.45) is 0 Å². The number of nitrogens with one attached hydrogen (secondary N) is 1. The minimum absolute atomic E-state index is 0.183. The van der Waals surface area contributed by atoms with Crippen molar-refractivity contribution in [2.45, 2.75) is 12.1 Å². The minimum Gasteiger partial charge on any atom is -0.490 e. The fourth-order valence-electron chi connectivity index (χ4n) is 4.27. The zero-order valence-corrected chi connectivity index (χ0v) is 20.6. The monoisotopic (exact) mass is 505 g/mol. The Balaban J connectivity index is 1.58. The summed E-state index contributed by atoms with van der Waals surface area (Å²) in [6, 6.07) is 21.2. The number of anilines is 1. The van der Waals surface area contributed by atoms with Crippen molar-refractivity contribution in [3.05, 3.63) is 102 Å². The number of benzene rings is 1. The largest absolute Gasteiger partial charge is 0.490 e. The molecule has 1 saturated heterocycles. The number of rotatable bonds is 8. The van der Waals surface area contributed by atoms with Crippen molar-refractivity contribution in [3.63, 3.8) is 0 Å². The summed E-state index contributed by atoms with van der Waals surface area (Å²) in [6.45, 7) is 0.901. The van der Waals surface area contributed by atoms with Gasteiger partial charge in [-0.2, -0.15) is 0 Å². The summed E-state index contributed by atoms with van der Waals surface area (Å²) in [5.74, 6) is 1.42. The Morgan fingerprint density at radius 1 is 1.00 bits per heavy atom. The van der Waals surface area contributed by atoms with Crippen LogP contribution in [0.2, 0.25) is 5.02 Å². The molecule has 7 nitrogen and oxygen atoms in total. The molecule has 2 atom stereocenters. The van der Waals surface area contributed by atoms with Crippen molar-refractivity contribution in [1.29, 1.82) is 0 Å². The zero-order chi connectivity index (χ0) is 24.2. The van der Waals surface area contributed by atoms with Gasteiger partial charge in [0.05, 0.1) is 23.4 Å². The Morgan fingerprint density at radius 2 is 1.83 bits per heavy atom. The van der Waals surface area contributed by atoms with E-state index in [1.807, 2.05) is 66.9 Å². The van der Waals surface area contributed by atoms with Crippen LogP contribution in [0.1, 0.15) is 23.5 Å². The standard InChI is InChI=1S/C26H24ClN5O2S/c1-33-15-16-34-22-11-10-18(17-19(22)27)32-25(24(30-26(32)35)20-7-2-4-12-28-20)21-8-6-14-31(21)23-9-3-5-13-29-23/h2-14,17,24-25H,15-16H2,1H3,(H,30,35). The average molecular weight is 506 g/mol. The van der Waals surface area contributed by atoms with Gasteiger partial charge in [0.2, 0.25) is 0 Å². The molecule has 1 aromatic carbocycles. The van der Waals surface area contributed by atoms with Gasteiger partial charge in [0.15, 0.2) is 5.11 Å². The van der Waals surface area contributed by atoms with Crippen LogP contribution in [0.3, 0.4) is 0 Å². The van der Waals surface area contributed by atoms with Crippen LogP contribution in [0.5, 0.6) is 5.75 Å². The third-order valence-corrected chi connectivity index (χ3v) is 6.43. The highest BCUT2D eigenvalue weighted by Gasteiger charge is 2.42. The highest BCUT2D eigenvalue weighted by atomic mass is 35.5. The molecular formula is C26H24ClN5O2S. The molecule has 0 amide bonds. The Labute approximate surface area is 214 Å². The quantitative estimate of drug-likeness (QED) is 0.263. The van der Waals surface area contributed by atoms with Crippen LogP contribution in [0.4, 0.5) is 5.69 Å². The van der Waals surface area contributed by atoms with Gasteiger partial charge in [-0.1, -0.05) is 23.7 Å². The van der Waals surface area contributed by atoms with E-state index < -0.39 is 0 Å². The van der Waals surface area contributed by atoms with Gasteiger partial charge in [0.25, 0.3) is 0 Å². The van der Waals surface area contributed by atoms with E-state index in [0.717, 1.165) is 22.9 Å². The molecule has 2 unspecified atom stereocenters. The van der Waals surface area contributed by atoms with E-state index in [9.17, 15) is 0 Å². The normalized spacial score (nSPS) is 17.4. The van der Waals surface area contributed by atoms with Gasteiger partial charge < -0.3 is 24.3 Å². The molecule has 0 saturated carbocycles. The lowest BCUT2D eigenvalue weighted by molar-refractivity contribution is 0.146. The Morgan fingerprint density at radius 3 is 2.54 bits per heavy atom. The fraction of sp³-hybridized carbons (Fsp3) is 0.192. The predicted molar refractivity (Wildman–Crippen MR) is 140 cm³/mol. The van der Waals surface area contributed by atoms with Crippen LogP contribution in [-0.2, 0) is 4.74 Å². The predicted octanol–water partition coefficient (Wildman–Crippen LogP) is 5.12. The molecule has 0 radical (unpaired) electrons. The summed E-state index contributed by atoms with van der Waals surface area (Å²) < 4.78 is 12.9. The second kappa shape index (κ2) is 10.4. The molecule has 1 fully saturated rings. The van der Waals surface area contributed by atoms with Crippen LogP contribution in [-0.4, -0.2) is 40.0 Å². The molecule has 4 heterocycles. The first-order chi connectivity index (χ1) is 17.2. The van der Waals surface area contributed by atoms with Crippen molar-refractivity contribution in [2.75, 3.05) is 25.2 Å². The van der Waals surface area contributed by atoms with Gasteiger partial charge in [0.1, 0.15) is 24.2 Å². The van der Waals surface area contributed by atoms with E-state index in [4.69, 9.17) is 33.3 Å². The second-order valence-electron chi connectivity index (χ2n) is 7.94. The van der Waals surface area contributed by atoms with Gasteiger partial charge in [0, 0.05) is 37.1 Å². The summed E-state index contributed by atoms with van der Waals surface area (Å²) in [5, 5.41) is 4.57. The molecule has 0 bridgehead atoms. The van der Waals surface area contributed by atoms with E-state index in [0.29, 0.717) is 29.1 Å². The van der Waals surface area contributed by atoms with Crippen LogP contribution in [0.15, 0.2) is 85.3 Å². The van der Waals surface area contributed by atoms with Crippen LogP contribution >= 0.6 is 23.8 Å². The molecule has 9 heteroatoms. The number of nitrogens with zero attached hydrogens (tertiary/aromatic N) is 4. The number of aromatic nitrogens is 3. The number of ether oxygens (including phenoxy) is 2. The first kappa shape index (κ1) is 23.3. The molecule has 35 heavy (non-hydrogen) atoms. The van der Waals surface area contributed by atoms with Crippen molar-refractivity contribution >= 4 is 34.6 Å². The first-order valence-corrected chi connectivity index (χ1v) is 12.0. The molecule has 1 aliphatic heterocycles. The molecule has 0 aliphatic carbocycles. The maximum atomic E-state index is 6.60.